The molecule has 6 heteroatoms. The summed E-state index contributed by atoms with van der Waals surface area (Å²) < 4.78 is 7.83. The SMILES string of the molecule is CCOC(=O)Cn1c(=NC(=O)c2ccc(C)cc2)sc2cc(CC)ccc21. The van der Waals surface area contributed by atoms with Crippen molar-refractivity contribution >= 4 is 33.4 Å². The predicted octanol–water partition coefficient (Wildman–Crippen LogP) is 3.88. The van der Waals surface area contributed by atoms with E-state index in [0.29, 0.717) is 17.0 Å². The van der Waals surface area contributed by atoms with Crippen LogP contribution in [-0.2, 0) is 22.5 Å². The zero-order valence-corrected chi connectivity index (χ0v) is 16.5. The van der Waals surface area contributed by atoms with Crippen molar-refractivity contribution in [2.24, 2.45) is 4.99 Å². The van der Waals surface area contributed by atoms with Gasteiger partial charge in [0.15, 0.2) is 4.80 Å². The highest BCUT2D eigenvalue weighted by molar-refractivity contribution is 7.16. The Labute approximate surface area is 161 Å². The number of benzene rings is 2. The minimum atomic E-state index is -0.346. The lowest BCUT2D eigenvalue weighted by molar-refractivity contribution is -0.143. The number of esters is 1. The number of carbonyl (C=O) groups is 2. The van der Waals surface area contributed by atoms with Crippen molar-refractivity contribution in [2.75, 3.05) is 6.61 Å². The number of aromatic nitrogens is 1. The number of hydrogen-bond acceptors (Lipinski definition) is 4. The van der Waals surface area contributed by atoms with Gasteiger partial charge in [-0.05, 0) is 50.1 Å². The molecule has 1 heterocycles. The van der Waals surface area contributed by atoms with E-state index in [-0.39, 0.29) is 18.4 Å². The summed E-state index contributed by atoms with van der Waals surface area (Å²) in [6, 6.07) is 13.4. The van der Waals surface area contributed by atoms with Crippen LogP contribution >= 0.6 is 11.3 Å². The van der Waals surface area contributed by atoms with Crippen molar-refractivity contribution in [2.45, 2.75) is 33.7 Å². The van der Waals surface area contributed by atoms with E-state index >= 15 is 0 Å². The largest absolute Gasteiger partial charge is 0.465 e. The summed E-state index contributed by atoms with van der Waals surface area (Å²) in [5.74, 6) is -0.670. The van der Waals surface area contributed by atoms with Gasteiger partial charge in [0, 0.05) is 5.56 Å². The lowest BCUT2D eigenvalue weighted by atomic mass is 10.1. The fourth-order valence-corrected chi connectivity index (χ4v) is 3.85. The molecule has 0 fully saturated rings. The van der Waals surface area contributed by atoms with Crippen LogP contribution < -0.4 is 4.80 Å². The fourth-order valence-electron chi connectivity index (χ4n) is 2.76. The highest BCUT2D eigenvalue weighted by Gasteiger charge is 2.13. The number of nitrogens with zero attached hydrogens (tertiary/aromatic N) is 2. The van der Waals surface area contributed by atoms with Crippen molar-refractivity contribution in [3.63, 3.8) is 0 Å². The van der Waals surface area contributed by atoms with Crippen LogP contribution in [0.3, 0.4) is 0 Å². The number of hydrogen-bond donors (Lipinski definition) is 0. The molecule has 5 nitrogen and oxygen atoms in total. The molecule has 2 aromatic carbocycles. The van der Waals surface area contributed by atoms with Crippen LogP contribution in [0.4, 0.5) is 0 Å². The van der Waals surface area contributed by atoms with E-state index in [1.807, 2.05) is 31.2 Å². The zero-order chi connectivity index (χ0) is 19.4. The Kier molecular flexibility index (Phi) is 5.86. The standard InChI is InChI=1S/C21H22N2O3S/c1-4-15-8-11-17-18(12-15)27-21(23(17)13-19(24)26-5-2)22-20(25)16-9-6-14(3)7-10-16/h6-12H,4-5,13H2,1-3H3. The Morgan fingerprint density at radius 2 is 1.85 bits per heavy atom. The molecule has 0 saturated heterocycles. The van der Waals surface area contributed by atoms with Crippen molar-refractivity contribution in [1.29, 1.82) is 0 Å². The molecule has 0 atom stereocenters. The first-order valence-corrected chi connectivity index (χ1v) is 9.77. The first kappa shape index (κ1) is 19.0. The second-order valence-electron chi connectivity index (χ2n) is 6.21. The summed E-state index contributed by atoms with van der Waals surface area (Å²) in [5.41, 5.74) is 3.68. The van der Waals surface area contributed by atoms with Gasteiger partial charge in [0.05, 0.1) is 16.8 Å². The van der Waals surface area contributed by atoms with E-state index in [9.17, 15) is 9.59 Å². The molecule has 0 aliphatic heterocycles. The minimum Gasteiger partial charge on any atom is -0.465 e. The molecular formula is C21H22N2O3S. The first-order valence-electron chi connectivity index (χ1n) is 8.95. The normalized spacial score (nSPS) is 11.7. The minimum absolute atomic E-state index is 0.0271. The molecule has 27 heavy (non-hydrogen) atoms. The maximum atomic E-state index is 12.6. The summed E-state index contributed by atoms with van der Waals surface area (Å²) >= 11 is 1.41. The molecule has 3 rings (SSSR count). The predicted molar refractivity (Wildman–Crippen MR) is 107 cm³/mol. The maximum absolute atomic E-state index is 12.6. The third-order valence-electron chi connectivity index (χ3n) is 4.24. The molecule has 0 bridgehead atoms. The molecule has 0 saturated carbocycles. The molecular weight excluding hydrogens is 360 g/mol. The van der Waals surface area contributed by atoms with Gasteiger partial charge in [-0.1, -0.05) is 42.0 Å². The summed E-state index contributed by atoms with van der Waals surface area (Å²) in [6.45, 7) is 6.17. The number of amides is 1. The first-order chi connectivity index (χ1) is 13.0. The summed E-state index contributed by atoms with van der Waals surface area (Å²) in [4.78, 5) is 29.5. The molecule has 140 valence electrons. The second-order valence-corrected chi connectivity index (χ2v) is 7.22. The van der Waals surface area contributed by atoms with Gasteiger partial charge in [-0.25, -0.2) is 0 Å². The molecule has 0 spiro atoms. The quantitative estimate of drug-likeness (QED) is 0.629. The van der Waals surface area contributed by atoms with Crippen molar-refractivity contribution in [3.05, 3.63) is 64.0 Å². The van der Waals surface area contributed by atoms with Gasteiger partial charge in [-0.2, -0.15) is 4.99 Å². The third kappa shape index (κ3) is 4.34. The van der Waals surface area contributed by atoms with Gasteiger partial charge in [-0.15, -0.1) is 0 Å². The van der Waals surface area contributed by atoms with Crippen LogP contribution in [0.5, 0.6) is 0 Å². The Morgan fingerprint density at radius 3 is 2.52 bits per heavy atom. The highest BCUT2D eigenvalue weighted by Crippen LogP contribution is 2.20. The van der Waals surface area contributed by atoms with E-state index < -0.39 is 0 Å². The van der Waals surface area contributed by atoms with E-state index in [2.05, 4.69) is 18.0 Å². The van der Waals surface area contributed by atoms with Crippen molar-refractivity contribution < 1.29 is 14.3 Å². The number of carbonyl (C=O) groups excluding carboxylic acids is 2. The van der Waals surface area contributed by atoms with Gasteiger partial charge in [0.1, 0.15) is 6.54 Å². The van der Waals surface area contributed by atoms with Gasteiger partial charge < -0.3 is 9.30 Å². The van der Waals surface area contributed by atoms with E-state index in [1.54, 1.807) is 23.6 Å². The lowest BCUT2D eigenvalue weighted by Gasteiger charge is -2.05. The van der Waals surface area contributed by atoms with E-state index in [1.165, 1.54) is 16.9 Å². The highest BCUT2D eigenvalue weighted by atomic mass is 32.1. The summed E-state index contributed by atoms with van der Waals surface area (Å²) in [7, 11) is 0. The van der Waals surface area contributed by atoms with Crippen LogP contribution in [0.15, 0.2) is 47.5 Å². The van der Waals surface area contributed by atoms with Crippen molar-refractivity contribution in [3.8, 4) is 0 Å². The average Bonchev–Trinajstić information content (AvgIpc) is 2.98. The average molecular weight is 382 g/mol. The molecule has 0 aliphatic carbocycles. The molecule has 1 aromatic heterocycles. The van der Waals surface area contributed by atoms with E-state index in [0.717, 1.165) is 22.2 Å². The molecule has 0 N–H and O–H groups in total. The summed E-state index contributed by atoms with van der Waals surface area (Å²) in [5, 5.41) is 0. The second kappa shape index (κ2) is 8.31. The van der Waals surface area contributed by atoms with Gasteiger partial charge in [0.2, 0.25) is 0 Å². The Bertz CT molecular complexity index is 1050. The third-order valence-corrected chi connectivity index (χ3v) is 5.28. The van der Waals surface area contributed by atoms with Crippen molar-refractivity contribution in [1.82, 2.24) is 4.57 Å². The molecule has 3 aromatic rings. The molecule has 0 radical (unpaired) electrons. The topological polar surface area (TPSA) is 60.7 Å². The van der Waals surface area contributed by atoms with Crippen LogP contribution in [0.1, 0.15) is 35.3 Å². The monoisotopic (exact) mass is 382 g/mol. The molecule has 1 amide bonds. The molecule has 0 unspecified atom stereocenters. The zero-order valence-electron chi connectivity index (χ0n) is 15.7. The molecule has 0 aliphatic rings. The van der Waals surface area contributed by atoms with Gasteiger partial charge in [0.25, 0.3) is 5.91 Å². The number of fused-ring (bicyclic) bond motifs is 1. The number of ether oxygens (including phenoxy) is 1. The van der Waals surface area contributed by atoms with E-state index in [4.69, 9.17) is 4.74 Å². The van der Waals surface area contributed by atoms with Crippen LogP contribution in [-0.4, -0.2) is 23.1 Å². The number of thiazole rings is 1. The van der Waals surface area contributed by atoms with Crippen LogP contribution in [0.2, 0.25) is 0 Å². The smallest absolute Gasteiger partial charge is 0.326 e. The fraction of sp³-hybridized carbons (Fsp3) is 0.286. The van der Waals surface area contributed by atoms with Crippen LogP contribution in [0.25, 0.3) is 10.2 Å². The lowest BCUT2D eigenvalue weighted by Crippen LogP contribution is -2.23. The van der Waals surface area contributed by atoms with Gasteiger partial charge >= 0.3 is 5.97 Å². The number of rotatable bonds is 5. The maximum Gasteiger partial charge on any atom is 0.326 e. The Balaban J connectivity index is 2.10. The Morgan fingerprint density at radius 1 is 1.11 bits per heavy atom. The Hall–Kier alpha value is -2.73. The van der Waals surface area contributed by atoms with Crippen LogP contribution in [0, 0.1) is 6.92 Å². The number of aryl methyl sites for hydroxylation is 2. The summed E-state index contributed by atoms with van der Waals surface area (Å²) in [6.07, 6.45) is 0.917. The van der Waals surface area contributed by atoms with Gasteiger partial charge in [-0.3, -0.25) is 9.59 Å².